The Bertz CT molecular complexity index is 764. The number of hydrogen-bond acceptors (Lipinski definition) is 6. The number of nitrogens with one attached hydrogen (secondary N) is 2. The van der Waals surface area contributed by atoms with Crippen LogP contribution < -0.4 is 21.1 Å². The van der Waals surface area contributed by atoms with Crippen LogP contribution in [-0.2, 0) is 9.59 Å². The highest BCUT2D eigenvalue weighted by molar-refractivity contribution is 6.03. The molecule has 0 bridgehead atoms. The van der Waals surface area contributed by atoms with Gasteiger partial charge in [0.15, 0.2) is 0 Å². The third kappa shape index (κ3) is 3.07. The van der Waals surface area contributed by atoms with Crippen LogP contribution in [0.4, 0.5) is 5.69 Å². The van der Waals surface area contributed by atoms with E-state index in [9.17, 15) is 9.59 Å². The average Bonchev–Trinajstić information content (AvgIpc) is 2.57. The van der Waals surface area contributed by atoms with Crippen LogP contribution in [0.5, 0.6) is 5.88 Å². The van der Waals surface area contributed by atoms with E-state index >= 15 is 0 Å². The molecule has 3 heterocycles. The molecule has 2 amide bonds. The fourth-order valence-corrected chi connectivity index (χ4v) is 2.47. The molecule has 8 heteroatoms. The molecule has 120 valence electrons. The molecular formula is C15H17N5O3. The maximum Gasteiger partial charge on any atom is 0.247 e. The van der Waals surface area contributed by atoms with E-state index in [-0.39, 0.29) is 11.8 Å². The molecule has 4 N–H and O–H groups in total. The Balaban J connectivity index is 1.83. The number of anilines is 1. The largest absolute Gasteiger partial charge is 0.481 e. The van der Waals surface area contributed by atoms with E-state index in [1.54, 1.807) is 24.4 Å². The summed E-state index contributed by atoms with van der Waals surface area (Å²) in [5.74, 6) is -0.184. The number of nitrogens with zero attached hydrogens (tertiary/aromatic N) is 2. The molecule has 0 aliphatic carbocycles. The van der Waals surface area contributed by atoms with E-state index < -0.39 is 12.1 Å². The second-order valence-corrected chi connectivity index (χ2v) is 5.31. The monoisotopic (exact) mass is 315 g/mol. The minimum absolute atomic E-state index is 0.303. The lowest BCUT2D eigenvalue weighted by Gasteiger charge is -2.26. The van der Waals surface area contributed by atoms with Gasteiger partial charge >= 0.3 is 0 Å². The summed E-state index contributed by atoms with van der Waals surface area (Å²) in [7, 11) is 1.52. The molecule has 0 aromatic carbocycles. The van der Waals surface area contributed by atoms with E-state index in [0.29, 0.717) is 35.4 Å². The average molecular weight is 315 g/mol. The van der Waals surface area contributed by atoms with Crippen molar-refractivity contribution in [2.75, 3.05) is 12.4 Å². The van der Waals surface area contributed by atoms with Gasteiger partial charge in [0.05, 0.1) is 24.4 Å². The standard InChI is InChI=1S/C15H17N5O3/c1-23-12-5-4-9-13(20-12)10(6-7-17-9)18-15(22)11-3-2-8(16)14(21)19-11/h4-8,11H,2-3,16H2,1H3,(H,19,21)(H,17,18,22). The fourth-order valence-electron chi connectivity index (χ4n) is 2.47. The van der Waals surface area contributed by atoms with E-state index in [0.717, 1.165) is 0 Å². The number of aromatic nitrogens is 2. The lowest BCUT2D eigenvalue weighted by molar-refractivity contribution is -0.129. The Hall–Kier alpha value is -2.74. The smallest absolute Gasteiger partial charge is 0.247 e. The van der Waals surface area contributed by atoms with Crippen molar-refractivity contribution in [2.45, 2.75) is 24.9 Å². The summed E-state index contributed by atoms with van der Waals surface area (Å²) in [6.07, 6.45) is 2.56. The number of carbonyl (C=O) groups excluding carboxylic acids is 2. The van der Waals surface area contributed by atoms with Gasteiger partial charge in [-0.2, -0.15) is 0 Å². The SMILES string of the molecule is COc1ccc2nccc(NC(=O)C3CCC(N)C(=O)N3)c2n1. The highest BCUT2D eigenvalue weighted by Crippen LogP contribution is 2.22. The Morgan fingerprint density at radius 2 is 2.22 bits per heavy atom. The van der Waals surface area contributed by atoms with Crippen LogP contribution in [0.1, 0.15) is 12.8 Å². The fraction of sp³-hybridized carbons (Fsp3) is 0.333. The number of fused-ring (bicyclic) bond motifs is 1. The normalized spacial score (nSPS) is 20.9. The molecule has 3 rings (SSSR count). The molecule has 2 unspecified atom stereocenters. The van der Waals surface area contributed by atoms with E-state index in [4.69, 9.17) is 10.5 Å². The molecule has 1 aliphatic heterocycles. The lowest BCUT2D eigenvalue weighted by Crippen LogP contribution is -2.54. The van der Waals surface area contributed by atoms with E-state index in [2.05, 4.69) is 20.6 Å². The molecule has 1 aliphatic rings. The van der Waals surface area contributed by atoms with Gasteiger partial charge in [-0.3, -0.25) is 14.6 Å². The first-order chi connectivity index (χ1) is 11.1. The van der Waals surface area contributed by atoms with Gasteiger partial charge in [-0.25, -0.2) is 4.98 Å². The molecule has 1 fully saturated rings. The molecule has 0 radical (unpaired) electrons. The van der Waals surface area contributed by atoms with Crippen molar-refractivity contribution in [2.24, 2.45) is 5.73 Å². The van der Waals surface area contributed by atoms with Crippen LogP contribution in [0.2, 0.25) is 0 Å². The van der Waals surface area contributed by atoms with Crippen LogP contribution >= 0.6 is 0 Å². The Labute approximate surface area is 132 Å². The summed E-state index contributed by atoms with van der Waals surface area (Å²) < 4.78 is 5.10. The summed E-state index contributed by atoms with van der Waals surface area (Å²) in [6, 6.07) is 3.97. The predicted octanol–water partition coefficient (Wildman–Crippen LogP) is 0.183. The number of pyridine rings is 2. The first-order valence-electron chi connectivity index (χ1n) is 7.25. The van der Waals surface area contributed by atoms with Gasteiger partial charge in [0, 0.05) is 12.3 Å². The van der Waals surface area contributed by atoms with Crippen LogP contribution in [0.25, 0.3) is 11.0 Å². The maximum absolute atomic E-state index is 12.4. The summed E-state index contributed by atoms with van der Waals surface area (Å²) in [4.78, 5) is 32.5. The molecular weight excluding hydrogens is 298 g/mol. The highest BCUT2D eigenvalue weighted by Gasteiger charge is 2.29. The minimum Gasteiger partial charge on any atom is -0.481 e. The van der Waals surface area contributed by atoms with Gasteiger partial charge in [0.25, 0.3) is 0 Å². The number of rotatable bonds is 3. The van der Waals surface area contributed by atoms with Crippen molar-refractivity contribution in [1.29, 1.82) is 0 Å². The number of hydrogen-bond donors (Lipinski definition) is 3. The van der Waals surface area contributed by atoms with Crippen molar-refractivity contribution < 1.29 is 14.3 Å². The molecule has 23 heavy (non-hydrogen) atoms. The van der Waals surface area contributed by atoms with Crippen LogP contribution in [0, 0.1) is 0 Å². The Kier molecular flexibility index (Phi) is 4.07. The summed E-state index contributed by atoms with van der Waals surface area (Å²) in [5, 5.41) is 5.41. The molecule has 8 nitrogen and oxygen atoms in total. The summed E-state index contributed by atoms with van der Waals surface area (Å²) >= 11 is 0. The van der Waals surface area contributed by atoms with Crippen LogP contribution in [0.15, 0.2) is 24.4 Å². The van der Waals surface area contributed by atoms with Crippen LogP contribution in [0.3, 0.4) is 0 Å². The Morgan fingerprint density at radius 1 is 1.39 bits per heavy atom. The van der Waals surface area contributed by atoms with E-state index in [1.807, 2.05) is 0 Å². The summed E-state index contributed by atoms with van der Waals surface area (Å²) in [6.45, 7) is 0. The number of nitrogens with two attached hydrogens (primary N) is 1. The van der Waals surface area contributed by atoms with Crippen molar-refractivity contribution in [1.82, 2.24) is 15.3 Å². The number of piperidine rings is 1. The molecule has 0 saturated carbocycles. The molecule has 2 aromatic rings. The number of methoxy groups -OCH3 is 1. The number of carbonyl (C=O) groups is 2. The minimum atomic E-state index is -0.601. The van der Waals surface area contributed by atoms with Crippen molar-refractivity contribution in [3.63, 3.8) is 0 Å². The third-order valence-corrected chi connectivity index (χ3v) is 3.76. The summed E-state index contributed by atoms with van der Waals surface area (Å²) in [5.41, 5.74) is 7.30. The predicted molar refractivity (Wildman–Crippen MR) is 83.9 cm³/mol. The zero-order valence-electron chi connectivity index (χ0n) is 12.6. The Morgan fingerprint density at radius 3 is 2.96 bits per heavy atom. The first kappa shape index (κ1) is 15.2. The zero-order chi connectivity index (χ0) is 16.4. The number of ether oxygens (including phenoxy) is 1. The van der Waals surface area contributed by atoms with Gasteiger partial charge in [0.1, 0.15) is 11.6 Å². The zero-order valence-corrected chi connectivity index (χ0v) is 12.6. The molecule has 2 aromatic heterocycles. The molecule has 0 spiro atoms. The second-order valence-electron chi connectivity index (χ2n) is 5.31. The van der Waals surface area contributed by atoms with Crippen molar-refractivity contribution in [3.8, 4) is 5.88 Å². The van der Waals surface area contributed by atoms with Gasteiger partial charge in [-0.05, 0) is 25.0 Å². The first-order valence-corrected chi connectivity index (χ1v) is 7.25. The third-order valence-electron chi connectivity index (χ3n) is 3.76. The van der Waals surface area contributed by atoms with Crippen LogP contribution in [-0.4, -0.2) is 41.0 Å². The van der Waals surface area contributed by atoms with Crippen molar-refractivity contribution >= 4 is 28.5 Å². The quantitative estimate of drug-likeness (QED) is 0.743. The highest BCUT2D eigenvalue weighted by atomic mass is 16.5. The van der Waals surface area contributed by atoms with Gasteiger partial charge in [-0.15, -0.1) is 0 Å². The molecule has 1 saturated heterocycles. The molecule has 2 atom stereocenters. The topological polar surface area (TPSA) is 119 Å². The maximum atomic E-state index is 12.4. The van der Waals surface area contributed by atoms with Gasteiger partial charge < -0.3 is 21.1 Å². The van der Waals surface area contributed by atoms with E-state index in [1.165, 1.54) is 7.11 Å². The van der Waals surface area contributed by atoms with Gasteiger partial charge in [0.2, 0.25) is 17.7 Å². The number of amides is 2. The van der Waals surface area contributed by atoms with Gasteiger partial charge in [-0.1, -0.05) is 0 Å². The second kappa shape index (κ2) is 6.17. The van der Waals surface area contributed by atoms with Crippen molar-refractivity contribution in [3.05, 3.63) is 24.4 Å². The lowest BCUT2D eigenvalue weighted by atomic mass is 10.00.